The molecule has 3 atom stereocenters. The minimum absolute atomic E-state index is 0.0534. The number of piperidine rings is 1. The minimum atomic E-state index is 0.0534. The van der Waals surface area contributed by atoms with E-state index in [9.17, 15) is 4.79 Å². The van der Waals surface area contributed by atoms with E-state index in [2.05, 4.69) is 10.2 Å². The van der Waals surface area contributed by atoms with Crippen LogP contribution in [0.1, 0.15) is 22.5 Å². The molecule has 2 aliphatic heterocycles. The zero-order chi connectivity index (χ0) is 15.8. The summed E-state index contributed by atoms with van der Waals surface area (Å²) in [6.07, 6.45) is 2.40. The predicted octanol–water partition coefficient (Wildman–Crippen LogP) is 2.82. The zero-order valence-electron chi connectivity index (χ0n) is 13.0. The first-order valence-corrected chi connectivity index (χ1v) is 8.98. The molecule has 5 heteroatoms. The first-order valence-electron chi connectivity index (χ1n) is 8.16. The van der Waals surface area contributed by atoms with E-state index in [4.69, 9.17) is 5.73 Å². The van der Waals surface area contributed by atoms with E-state index in [1.165, 1.54) is 30.8 Å². The molecule has 0 aliphatic carbocycles. The van der Waals surface area contributed by atoms with Gasteiger partial charge in [0.2, 0.25) is 0 Å². The molecule has 23 heavy (non-hydrogen) atoms. The number of nitrogens with zero attached hydrogens (tertiary/aromatic N) is 1. The number of nitrogens with one attached hydrogen (secondary N) is 1. The maximum Gasteiger partial charge on any atom is 0.261 e. The van der Waals surface area contributed by atoms with E-state index >= 15 is 0 Å². The molecular formula is C18H21N3OS. The first kappa shape index (κ1) is 14.7. The third-order valence-electron chi connectivity index (χ3n) is 4.80. The fourth-order valence-electron chi connectivity index (χ4n) is 3.73. The van der Waals surface area contributed by atoms with Gasteiger partial charge in [0.25, 0.3) is 5.91 Å². The molecule has 120 valence electrons. The van der Waals surface area contributed by atoms with E-state index in [-0.39, 0.29) is 5.91 Å². The van der Waals surface area contributed by atoms with Gasteiger partial charge in [-0.1, -0.05) is 12.1 Å². The number of benzene rings is 1. The lowest BCUT2D eigenvalue weighted by atomic mass is 9.97. The summed E-state index contributed by atoms with van der Waals surface area (Å²) in [6.45, 7) is 3.40. The average Bonchev–Trinajstić information content (AvgIpc) is 3.14. The lowest BCUT2D eigenvalue weighted by Crippen LogP contribution is -2.46. The molecule has 4 nitrogen and oxygen atoms in total. The molecule has 1 amide bonds. The lowest BCUT2D eigenvalue weighted by molar-refractivity contribution is 0.0913. The van der Waals surface area contributed by atoms with Crippen molar-refractivity contribution >= 4 is 22.9 Å². The lowest BCUT2D eigenvalue weighted by Gasteiger charge is -2.30. The Bertz CT molecular complexity index is 715. The predicted molar refractivity (Wildman–Crippen MR) is 94.6 cm³/mol. The molecule has 3 N–H and O–H groups in total. The molecule has 0 spiro atoms. The van der Waals surface area contributed by atoms with Crippen molar-refractivity contribution in [2.75, 3.05) is 25.4 Å². The summed E-state index contributed by atoms with van der Waals surface area (Å²) in [5.74, 6) is 0.817. The van der Waals surface area contributed by atoms with Gasteiger partial charge in [0.1, 0.15) is 0 Å². The Kier molecular flexibility index (Phi) is 3.83. The monoisotopic (exact) mass is 327 g/mol. The molecule has 2 aromatic rings. The number of nitrogen functional groups attached to an aromatic ring is 1. The summed E-state index contributed by atoms with van der Waals surface area (Å²) in [5.41, 5.74) is 7.65. The summed E-state index contributed by atoms with van der Waals surface area (Å²) >= 11 is 1.53. The molecule has 1 unspecified atom stereocenters. The molecule has 2 saturated heterocycles. The van der Waals surface area contributed by atoms with Gasteiger partial charge in [0.05, 0.1) is 4.88 Å². The smallest absolute Gasteiger partial charge is 0.261 e. The number of rotatable bonds is 3. The molecule has 3 heterocycles. The van der Waals surface area contributed by atoms with Gasteiger partial charge in [-0.15, -0.1) is 11.3 Å². The molecule has 2 aliphatic rings. The second kappa shape index (κ2) is 5.98. The largest absolute Gasteiger partial charge is 0.399 e. The molecule has 1 aromatic carbocycles. The van der Waals surface area contributed by atoms with Gasteiger partial charge in [0.15, 0.2) is 0 Å². The van der Waals surface area contributed by atoms with Crippen LogP contribution < -0.4 is 11.1 Å². The van der Waals surface area contributed by atoms with Crippen LogP contribution in [0.2, 0.25) is 0 Å². The molecule has 2 fully saturated rings. The highest BCUT2D eigenvalue weighted by atomic mass is 32.1. The maximum absolute atomic E-state index is 12.5. The van der Waals surface area contributed by atoms with Crippen molar-refractivity contribution < 1.29 is 4.79 Å². The second-order valence-electron chi connectivity index (χ2n) is 6.61. The summed E-state index contributed by atoms with van der Waals surface area (Å²) in [7, 11) is 0. The van der Waals surface area contributed by atoms with E-state index < -0.39 is 0 Å². The molecule has 1 aromatic heterocycles. The second-order valence-corrected chi connectivity index (χ2v) is 7.69. The van der Waals surface area contributed by atoms with Crippen LogP contribution >= 0.6 is 11.3 Å². The number of hydrogen-bond acceptors (Lipinski definition) is 4. The van der Waals surface area contributed by atoms with Gasteiger partial charge < -0.3 is 16.0 Å². The Morgan fingerprint density at radius 1 is 1.26 bits per heavy atom. The van der Waals surface area contributed by atoms with Crippen molar-refractivity contribution in [3.8, 4) is 10.4 Å². The number of nitrogens with two attached hydrogens (primary N) is 1. The molecule has 4 rings (SSSR count). The van der Waals surface area contributed by atoms with E-state index in [1.807, 2.05) is 36.4 Å². The Morgan fingerprint density at radius 2 is 2.17 bits per heavy atom. The zero-order valence-corrected chi connectivity index (χ0v) is 13.8. The van der Waals surface area contributed by atoms with E-state index in [0.717, 1.165) is 39.9 Å². The summed E-state index contributed by atoms with van der Waals surface area (Å²) in [4.78, 5) is 16.8. The molecule has 2 bridgehead atoms. The third kappa shape index (κ3) is 3.12. The van der Waals surface area contributed by atoms with Gasteiger partial charge >= 0.3 is 0 Å². The van der Waals surface area contributed by atoms with Crippen molar-refractivity contribution in [3.63, 3.8) is 0 Å². The minimum Gasteiger partial charge on any atom is -0.399 e. The van der Waals surface area contributed by atoms with Crippen molar-refractivity contribution in [1.29, 1.82) is 0 Å². The number of carbonyl (C=O) groups excluding carboxylic acids is 1. The van der Waals surface area contributed by atoms with Crippen LogP contribution in [0.25, 0.3) is 10.4 Å². The van der Waals surface area contributed by atoms with Crippen LogP contribution in [0, 0.1) is 5.92 Å². The number of thiophene rings is 1. The summed E-state index contributed by atoms with van der Waals surface area (Å²) in [6, 6.07) is 12.0. The van der Waals surface area contributed by atoms with Gasteiger partial charge in [0, 0.05) is 29.7 Å². The fraction of sp³-hybridized carbons (Fsp3) is 0.389. The Morgan fingerprint density at radius 3 is 3.00 bits per heavy atom. The van der Waals surface area contributed by atoms with Crippen molar-refractivity contribution in [2.45, 2.75) is 18.9 Å². The van der Waals surface area contributed by atoms with Gasteiger partial charge in [-0.3, -0.25) is 4.79 Å². The summed E-state index contributed by atoms with van der Waals surface area (Å²) in [5, 5.41) is 3.22. The van der Waals surface area contributed by atoms with Crippen LogP contribution in [0.4, 0.5) is 5.69 Å². The number of amides is 1. The number of hydrogen-bond donors (Lipinski definition) is 2. The van der Waals surface area contributed by atoms with Crippen LogP contribution in [-0.2, 0) is 0 Å². The highest BCUT2D eigenvalue weighted by Gasteiger charge is 2.33. The van der Waals surface area contributed by atoms with Crippen LogP contribution in [0.5, 0.6) is 0 Å². The topological polar surface area (TPSA) is 58.4 Å². The number of fused-ring (bicyclic) bond motifs is 2. The van der Waals surface area contributed by atoms with Crippen LogP contribution in [-0.4, -0.2) is 36.5 Å². The van der Waals surface area contributed by atoms with Crippen LogP contribution in [0.3, 0.4) is 0 Å². The standard InChI is InChI=1S/C18H21N3OS/c19-14-3-1-2-13(9-14)16-4-5-17(23-16)18(22)20-15-8-12-6-7-21(10-12)11-15/h1-5,9,12,15H,6-8,10-11,19H2,(H,20,22)/t12-,15+/m0/s1. The molecule has 0 saturated carbocycles. The van der Waals surface area contributed by atoms with Gasteiger partial charge in [-0.25, -0.2) is 0 Å². The molecule has 0 radical (unpaired) electrons. The highest BCUT2D eigenvalue weighted by Crippen LogP contribution is 2.30. The van der Waals surface area contributed by atoms with E-state index in [1.54, 1.807) is 0 Å². The van der Waals surface area contributed by atoms with Crippen molar-refractivity contribution in [1.82, 2.24) is 10.2 Å². The van der Waals surface area contributed by atoms with Crippen molar-refractivity contribution in [2.24, 2.45) is 5.92 Å². The van der Waals surface area contributed by atoms with Crippen molar-refractivity contribution in [3.05, 3.63) is 41.3 Å². The maximum atomic E-state index is 12.5. The Labute approximate surface area is 140 Å². The Balaban J connectivity index is 1.45. The fourth-order valence-corrected chi connectivity index (χ4v) is 4.63. The number of carbonyl (C=O) groups is 1. The Hall–Kier alpha value is -1.85. The van der Waals surface area contributed by atoms with Gasteiger partial charge in [-0.2, -0.15) is 0 Å². The number of anilines is 1. The quantitative estimate of drug-likeness (QED) is 0.852. The normalized spacial score (nSPS) is 26.2. The summed E-state index contributed by atoms with van der Waals surface area (Å²) < 4.78 is 0. The molecular weight excluding hydrogens is 306 g/mol. The average molecular weight is 327 g/mol. The SMILES string of the molecule is Nc1cccc(-c2ccc(C(=O)N[C@@H]3C[C@@H]4CCN(C4)C3)s2)c1. The van der Waals surface area contributed by atoms with Crippen LogP contribution in [0.15, 0.2) is 36.4 Å². The van der Waals surface area contributed by atoms with Gasteiger partial charge in [-0.05, 0) is 55.1 Å². The highest BCUT2D eigenvalue weighted by molar-refractivity contribution is 7.17. The van der Waals surface area contributed by atoms with E-state index in [0.29, 0.717) is 6.04 Å². The third-order valence-corrected chi connectivity index (χ3v) is 5.94. The first-order chi connectivity index (χ1) is 11.2.